The second-order valence-electron chi connectivity index (χ2n) is 5.75. The SMILES string of the molecule is CCNC(c1ccc2c(c1)oc(=O)n2CC)C1CC1C. The molecule has 0 amide bonds. The molecule has 1 aliphatic rings. The third-order valence-corrected chi connectivity index (χ3v) is 4.39. The predicted octanol–water partition coefficient (Wildman–Crippen LogP) is 2.92. The first-order valence-corrected chi connectivity index (χ1v) is 7.52. The molecule has 0 aliphatic heterocycles. The van der Waals surface area contributed by atoms with E-state index in [1.807, 2.05) is 19.1 Å². The van der Waals surface area contributed by atoms with Gasteiger partial charge < -0.3 is 9.73 Å². The number of aryl methyl sites for hydroxylation is 1. The monoisotopic (exact) mass is 274 g/mol. The van der Waals surface area contributed by atoms with Gasteiger partial charge in [-0.15, -0.1) is 0 Å². The Labute approximate surface area is 118 Å². The summed E-state index contributed by atoms with van der Waals surface area (Å²) < 4.78 is 7.03. The van der Waals surface area contributed by atoms with Gasteiger partial charge in [0.05, 0.1) is 5.52 Å². The van der Waals surface area contributed by atoms with E-state index in [4.69, 9.17) is 4.42 Å². The van der Waals surface area contributed by atoms with Gasteiger partial charge in [-0.3, -0.25) is 4.57 Å². The lowest BCUT2D eigenvalue weighted by Crippen LogP contribution is -2.23. The molecule has 1 aromatic heterocycles. The molecule has 1 fully saturated rings. The van der Waals surface area contributed by atoms with E-state index in [2.05, 4.69) is 25.2 Å². The highest BCUT2D eigenvalue weighted by atomic mass is 16.4. The summed E-state index contributed by atoms with van der Waals surface area (Å²) in [6.45, 7) is 7.97. The van der Waals surface area contributed by atoms with Gasteiger partial charge in [0.25, 0.3) is 0 Å². The van der Waals surface area contributed by atoms with E-state index < -0.39 is 0 Å². The number of oxazole rings is 1. The summed E-state index contributed by atoms with van der Waals surface area (Å²) in [4.78, 5) is 11.8. The summed E-state index contributed by atoms with van der Waals surface area (Å²) in [6.07, 6.45) is 1.27. The largest absolute Gasteiger partial charge is 0.419 e. The Morgan fingerprint density at radius 2 is 2.20 bits per heavy atom. The van der Waals surface area contributed by atoms with Crippen molar-refractivity contribution >= 4 is 11.1 Å². The number of hydrogen-bond donors (Lipinski definition) is 1. The van der Waals surface area contributed by atoms with Crippen molar-refractivity contribution in [2.75, 3.05) is 6.54 Å². The van der Waals surface area contributed by atoms with E-state index in [1.54, 1.807) is 4.57 Å². The third kappa shape index (κ3) is 2.18. The molecule has 0 saturated heterocycles. The molecule has 3 atom stereocenters. The minimum atomic E-state index is -0.264. The molecule has 4 heteroatoms. The molecular formula is C16H22N2O2. The molecule has 108 valence electrons. The molecule has 1 saturated carbocycles. The molecule has 2 aromatic rings. The Hall–Kier alpha value is -1.55. The van der Waals surface area contributed by atoms with Crippen LogP contribution in [0.2, 0.25) is 0 Å². The van der Waals surface area contributed by atoms with Crippen LogP contribution in [0, 0.1) is 11.8 Å². The van der Waals surface area contributed by atoms with Crippen molar-refractivity contribution in [3.8, 4) is 0 Å². The lowest BCUT2D eigenvalue weighted by Gasteiger charge is -2.18. The van der Waals surface area contributed by atoms with Crippen molar-refractivity contribution in [2.24, 2.45) is 11.8 Å². The van der Waals surface area contributed by atoms with Crippen LogP contribution >= 0.6 is 0 Å². The van der Waals surface area contributed by atoms with Crippen molar-refractivity contribution in [1.29, 1.82) is 0 Å². The fraction of sp³-hybridized carbons (Fsp3) is 0.562. The lowest BCUT2D eigenvalue weighted by molar-refractivity contribution is 0.474. The summed E-state index contributed by atoms with van der Waals surface area (Å²) in [6, 6.07) is 6.54. The Balaban J connectivity index is 2.01. The highest BCUT2D eigenvalue weighted by Crippen LogP contribution is 2.47. The standard InChI is InChI=1S/C16H22N2O2/c1-4-17-15(12-8-10(12)3)11-6-7-13-14(9-11)20-16(19)18(13)5-2/h6-7,9-10,12,15,17H,4-5,8H2,1-3H3. The number of nitrogens with zero attached hydrogens (tertiary/aromatic N) is 1. The summed E-state index contributed by atoms with van der Waals surface area (Å²) in [5.74, 6) is 1.22. The van der Waals surface area contributed by atoms with Crippen LogP contribution in [0.5, 0.6) is 0 Å². The molecule has 1 heterocycles. The lowest BCUT2D eigenvalue weighted by atomic mass is 10.0. The topological polar surface area (TPSA) is 47.2 Å². The van der Waals surface area contributed by atoms with E-state index in [9.17, 15) is 4.79 Å². The van der Waals surface area contributed by atoms with E-state index in [-0.39, 0.29) is 5.76 Å². The third-order valence-electron chi connectivity index (χ3n) is 4.39. The second kappa shape index (κ2) is 5.09. The van der Waals surface area contributed by atoms with E-state index in [0.29, 0.717) is 24.1 Å². The van der Waals surface area contributed by atoms with Crippen molar-refractivity contribution in [2.45, 2.75) is 39.8 Å². The first-order chi connectivity index (χ1) is 9.65. The van der Waals surface area contributed by atoms with Crippen molar-refractivity contribution < 1.29 is 4.42 Å². The second-order valence-corrected chi connectivity index (χ2v) is 5.75. The Morgan fingerprint density at radius 1 is 1.45 bits per heavy atom. The molecule has 0 spiro atoms. The van der Waals surface area contributed by atoms with Gasteiger partial charge in [0.2, 0.25) is 0 Å². The van der Waals surface area contributed by atoms with Crippen molar-refractivity contribution in [3.05, 3.63) is 34.3 Å². The predicted molar refractivity (Wildman–Crippen MR) is 79.8 cm³/mol. The van der Waals surface area contributed by atoms with Gasteiger partial charge in [-0.1, -0.05) is 19.9 Å². The van der Waals surface area contributed by atoms with Crippen LogP contribution in [-0.2, 0) is 6.54 Å². The van der Waals surface area contributed by atoms with Crippen molar-refractivity contribution in [1.82, 2.24) is 9.88 Å². The molecule has 3 unspecified atom stereocenters. The first kappa shape index (κ1) is 13.4. The average molecular weight is 274 g/mol. The van der Waals surface area contributed by atoms with Crippen LogP contribution in [0.3, 0.4) is 0 Å². The summed E-state index contributed by atoms with van der Waals surface area (Å²) in [5.41, 5.74) is 2.82. The molecule has 1 aliphatic carbocycles. The Bertz CT molecular complexity index is 671. The molecule has 0 radical (unpaired) electrons. The van der Waals surface area contributed by atoms with Crippen LogP contribution in [0.4, 0.5) is 0 Å². The summed E-state index contributed by atoms with van der Waals surface area (Å²) in [7, 11) is 0. The van der Waals surface area contributed by atoms with Gasteiger partial charge in [0.1, 0.15) is 0 Å². The fourth-order valence-corrected chi connectivity index (χ4v) is 3.13. The quantitative estimate of drug-likeness (QED) is 0.912. The van der Waals surface area contributed by atoms with E-state index >= 15 is 0 Å². The minimum Gasteiger partial charge on any atom is -0.408 e. The zero-order chi connectivity index (χ0) is 14.3. The average Bonchev–Trinajstić information content (AvgIpc) is 3.05. The maximum atomic E-state index is 11.8. The fourth-order valence-electron chi connectivity index (χ4n) is 3.13. The van der Waals surface area contributed by atoms with Crippen molar-refractivity contribution in [3.63, 3.8) is 0 Å². The molecule has 0 bridgehead atoms. The van der Waals surface area contributed by atoms with Crippen LogP contribution in [0.1, 0.15) is 38.8 Å². The maximum Gasteiger partial charge on any atom is 0.419 e. The van der Waals surface area contributed by atoms with Gasteiger partial charge in [0, 0.05) is 12.6 Å². The highest BCUT2D eigenvalue weighted by Gasteiger charge is 2.39. The number of nitrogens with one attached hydrogen (secondary N) is 1. The van der Waals surface area contributed by atoms with Crippen LogP contribution < -0.4 is 11.1 Å². The normalized spacial score (nSPS) is 23.1. The summed E-state index contributed by atoms with van der Waals surface area (Å²) >= 11 is 0. The molecule has 1 aromatic carbocycles. The van der Waals surface area contributed by atoms with Crippen LogP contribution in [0.15, 0.2) is 27.4 Å². The first-order valence-electron chi connectivity index (χ1n) is 7.52. The van der Waals surface area contributed by atoms with Gasteiger partial charge in [-0.05, 0) is 49.4 Å². The van der Waals surface area contributed by atoms with E-state index in [0.717, 1.165) is 18.0 Å². The van der Waals surface area contributed by atoms with Gasteiger partial charge in [-0.25, -0.2) is 4.79 Å². The van der Waals surface area contributed by atoms with Crippen LogP contribution in [-0.4, -0.2) is 11.1 Å². The van der Waals surface area contributed by atoms with Gasteiger partial charge in [-0.2, -0.15) is 0 Å². The molecule has 1 N–H and O–H groups in total. The minimum absolute atomic E-state index is 0.264. The van der Waals surface area contributed by atoms with Gasteiger partial charge >= 0.3 is 5.76 Å². The molecule has 3 rings (SSSR count). The smallest absolute Gasteiger partial charge is 0.408 e. The zero-order valence-electron chi connectivity index (χ0n) is 12.3. The zero-order valence-corrected chi connectivity index (χ0v) is 12.3. The number of fused-ring (bicyclic) bond motifs is 1. The Morgan fingerprint density at radius 3 is 2.80 bits per heavy atom. The summed E-state index contributed by atoms with van der Waals surface area (Å²) in [5, 5.41) is 3.56. The Kier molecular flexibility index (Phi) is 3.42. The number of hydrogen-bond acceptors (Lipinski definition) is 3. The molecule has 20 heavy (non-hydrogen) atoms. The number of aromatic nitrogens is 1. The molecular weight excluding hydrogens is 252 g/mol. The highest BCUT2D eigenvalue weighted by molar-refractivity contribution is 5.74. The van der Waals surface area contributed by atoms with Crippen LogP contribution in [0.25, 0.3) is 11.1 Å². The number of rotatable bonds is 5. The molecule has 4 nitrogen and oxygen atoms in total. The van der Waals surface area contributed by atoms with E-state index in [1.165, 1.54) is 12.0 Å². The number of benzene rings is 1. The van der Waals surface area contributed by atoms with Gasteiger partial charge in [0.15, 0.2) is 5.58 Å². The maximum absolute atomic E-state index is 11.8.